The lowest BCUT2D eigenvalue weighted by molar-refractivity contribution is 0.307. The number of ether oxygens (including phenoxy) is 1. The Morgan fingerprint density at radius 2 is 2.35 bits per heavy atom. The first kappa shape index (κ1) is 17.2. The third kappa shape index (κ3) is 5.88. The first-order valence-electron chi connectivity index (χ1n) is 6.98. The van der Waals surface area contributed by atoms with Crippen molar-refractivity contribution in [1.82, 2.24) is 4.98 Å². The van der Waals surface area contributed by atoms with Crippen molar-refractivity contribution < 1.29 is 4.74 Å². The SMILES string of the molecule is N#CCCCCOc1ccc(Br)cc1C=NNc1nc(N)cs1. The highest BCUT2D eigenvalue weighted by molar-refractivity contribution is 9.10. The smallest absolute Gasteiger partial charge is 0.205 e. The molecule has 1 heterocycles. The van der Waals surface area contributed by atoms with Crippen molar-refractivity contribution in [3.8, 4) is 11.8 Å². The maximum absolute atomic E-state index is 8.52. The molecule has 23 heavy (non-hydrogen) atoms. The molecule has 0 fully saturated rings. The van der Waals surface area contributed by atoms with Gasteiger partial charge in [-0.3, -0.25) is 5.43 Å². The zero-order valence-corrected chi connectivity index (χ0v) is 14.7. The van der Waals surface area contributed by atoms with Crippen molar-refractivity contribution in [2.45, 2.75) is 19.3 Å². The van der Waals surface area contributed by atoms with E-state index in [1.165, 1.54) is 11.3 Å². The van der Waals surface area contributed by atoms with E-state index in [4.69, 9.17) is 15.7 Å². The fraction of sp³-hybridized carbons (Fsp3) is 0.267. The van der Waals surface area contributed by atoms with Crippen molar-refractivity contribution in [1.29, 1.82) is 5.26 Å². The molecule has 0 spiro atoms. The molecule has 8 heteroatoms. The van der Waals surface area contributed by atoms with Crippen molar-refractivity contribution in [2.75, 3.05) is 17.8 Å². The Balaban J connectivity index is 1.96. The Hall–Kier alpha value is -2.11. The van der Waals surface area contributed by atoms with Crippen LogP contribution in [-0.2, 0) is 0 Å². The molecule has 0 saturated carbocycles. The average molecular weight is 394 g/mol. The minimum absolute atomic E-state index is 0.469. The van der Waals surface area contributed by atoms with E-state index in [2.05, 4.69) is 37.5 Å². The fourth-order valence-electron chi connectivity index (χ4n) is 1.73. The largest absolute Gasteiger partial charge is 0.493 e. The third-order valence-electron chi connectivity index (χ3n) is 2.80. The second-order valence-corrected chi connectivity index (χ2v) is 6.37. The monoisotopic (exact) mass is 393 g/mol. The second kappa shape index (κ2) is 9.12. The predicted octanol–water partition coefficient (Wildman–Crippen LogP) is 4.01. The van der Waals surface area contributed by atoms with Crippen molar-refractivity contribution in [2.24, 2.45) is 5.10 Å². The first-order valence-corrected chi connectivity index (χ1v) is 8.65. The van der Waals surface area contributed by atoms with Crippen LogP contribution in [0.5, 0.6) is 5.75 Å². The number of anilines is 2. The number of nitrogens with one attached hydrogen (secondary N) is 1. The summed E-state index contributed by atoms with van der Waals surface area (Å²) in [5.74, 6) is 1.21. The van der Waals surface area contributed by atoms with Gasteiger partial charge in [-0.1, -0.05) is 15.9 Å². The summed E-state index contributed by atoms with van der Waals surface area (Å²) in [7, 11) is 0. The van der Waals surface area contributed by atoms with Crippen LogP contribution >= 0.6 is 27.3 Å². The molecular weight excluding hydrogens is 378 g/mol. The van der Waals surface area contributed by atoms with Gasteiger partial charge in [-0.25, -0.2) is 4.98 Å². The molecule has 0 bridgehead atoms. The second-order valence-electron chi connectivity index (χ2n) is 4.59. The normalized spacial score (nSPS) is 10.6. The van der Waals surface area contributed by atoms with E-state index >= 15 is 0 Å². The lowest BCUT2D eigenvalue weighted by Crippen LogP contribution is -2.01. The molecule has 0 radical (unpaired) electrons. The molecule has 0 unspecified atom stereocenters. The summed E-state index contributed by atoms with van der Waals surface area (Å²) in [6.45, 7) is 0.570. The van der Waals surface area contributed by atoms with E-state index in [1.54, 1.807) is 11.6 Å². The van der Waals surface area contributed by atoms with E-state index in [0.717, 1.165) is 28.6 Å². The lowest BCUT2D eigenvalue weighted by atomic mass is 10.2. The number of aromatic nitrogens is 1. The van der Waals surface area contributed by atoms with E-state index in [0.29, 0.717) is 24.0 Å². The molecular formula is C15H16BrN5OS. The maximum Gasteiger partial charge on any atom is 0.205 e. The molecule has 2 rings (SSSR count). The Morgan fingerprint density at radius 1 is 1.48 bits per heavy atom. The molecule has 6 nitrogen and oxygen atoms in total. The number of nitriles is 1. The number of thiazole rings is 1. The van der Waals surface area contributed by atoms with E-state index in [1.807, 2.05) is 18.2 Å². The van der Waals surface area contributed by atoms with Gasteiger partial charge >= 0.3 is 0 Å². The quantitative estimate of drug-likeness (QED) is 0.401. The number of benzene rings is 1. The molecule has 0 saturated heterocycles. The number of hydrazone groups is 1. The van der Waals surface area contributed by atoms with Crippen LogP contribution in [-0.4, -0.2) is 17.8 Å². The van der Waals surface area contributed by atoms with Crippen LogP contribution in [0.25, 0.3) is 0 Å². The van der Waals surface area contributed by atoms with Gasteiger partial charge in [0.05, 0.1) is 18.9 Å². The van der Waals surface area contributed by atoms with Gasteiger partial charge in [-0.15, -0.1) is 11.3 Å². The van der Waals surface area contributed by atoms with Crippen LogP contribution in [0.4, 0.5) is 10.9 Å². The highest BCUT2D eigenvalue weighted by Crippen LogP contribution is 2.22. The van der Waals surface area contributed by atoms with Gasteiger partial charge in [0.15, 0.2) is 0 Å². The summed E-state index contributed by atoms with van der Waals surface area (Å²) in [5.41, 5.74) is 9.23. The molecule has 120 valence electrons. The highest BCUT2D eigenvalue weighted by Gasteiger charge is 2.03. The van der Waals surface area contributed by atoms with Gasteiger partial charge in [0.2, 0.25) is 5.13 Å². The van der Waals surface area contributed by atoms with Crippen LogP contribution in [0.15, 0.2) is 33.2 Å². The fourth-order valence-corrected chi connectivity index (χ4v) is 2.66. The van der Waals surface area contributed by atoms with E-state index in [9.17, 15) is 0 Å². The van der Waals surface area contributed by atoms with Gasteiger partial charge in [0.25, 0.3) is 0 Å². The summed E-state index contributed by atoms with van der Waals surface area (Å²) in [5, 5.41) is 15.1. The molecule has 0 aliphatic rings. The zero-order valence-electron chi connectivity index (χ0n) is 12.3. The van der Waals surface area contributed by atoms with E-state index < -0.39 is 0 Å². The predicted molar refractivity (Wildman–Crippen MR) is 96.8 cm³/mol. The Kier molecular flexibility index (Phi) is 6.84. The summed E-state index contributed by atoms with van der Waals surface area (Å²) < 4.78 is 6.70. The summed E-state index contributed by atoms with van der Waals surface area (Å²) in [6, 6.07) is 7.85. The molecule has 0 aliphatic heterocycles. The molecule has 2 aromatic rings. The number of hydrogen-bond acceptors (Lipinski definition) is 7. The number of nitrogens with zero attached hydrogens (tertiary/aromatic N) is 3. The number of rotatable bonds is 8. The number of halogens is 1. The van der Waals surface area contributed by atoms with E-state index in [-0.39, 0.29) is 0 Å². The van der Waals surface area contributed by atoms with Crippen molar-refractivity contribution in [3.63, 3.8) is 0 Å². The van der Waals surface area contributed by atoms with Crippen molar-refractivity contribution >= 4 is 44.4 Å². The zero-order chi connectivity index (χ0) is 16.5. The molecule has 1 aromatic carbocycles. The average Bonchev–Trinajstić information content (AvgIpc) is 2.94. The standard InChI is InChI=1S/C15H16BrN5OS/c16-12-4-5-13(22-7-3-1-2-6-17)11(8-12)9-19-21-15-20-14(18)10-23-15/h4-5,8-10H,1-3,7,18H2,(H,20,21). The van der Waals surface area contributed by atoms with Gasteiger partial charge in [0, 0.05) is 21.8 Å². The molecule has 0 amide bonds. The minimum Gasteiger partial charge on any atom is -0.493 e. The van der Waals surface area contributed by atoms with Gasteiger partial charge in [-0.05, 0) is 31.0 Å². The van der Waals surface area contributed by atoms with Gasteiger partial charge < -0.3 is 10.5 Å². The summed E-state index contributed by atoms with van der Waals surface area (Å²) in [4.78, 5) is 4.06. The minimum atomic E-state index is 0.469. The van der Waals surface area contributed by atoms with Gasteiger partial charge in [0.1, 0.15) is 11.6 Å². The summed E-state index contributed by atoms with van der Waals surface area (Å²) >= 11 is 4.82. The van der Waals surface area contributed by atoms with Gasteiger partial charge in [-0.2, -0.15) is 10.4 Å². The first-order chi connectivity index (χ1) is 11.2. The molecule has 1 aromatic heterocycles. The highest BCUT2D eigenvalue weighted by atomic mass is 79.9. The van der Waals surface area contributed by atoms with Crippen molar-refractivity contribution in [3.05, 3.63) is 33.6 Å². The number of hydrogen-bond donors (Lipinski definition) is 2. The van der Waals surface area contributed by atoms with Crippen LogP contribution in [0.2, 0.25) is 0 Å². The Labute approximate surface area is 147 Å². The molecule has 3 N–H and O–H groups in total. The summed E-state index contributed by atoms with van der Waals surface area (Å²) in [6.07, 6.45) is 3.91. The van der Waals surface area contributed by atoms with Crippen LogP contribution in [0.1, 0.15) is 24.8 Å². The molecule has 0 aliphatic carbocycles. The number of nitrogens with two attached hydrogens (primary N) is 1. The third-order valence-corrected chi connectivity index (χ3v) is 4.06. The molecule has 0 atom stereocenters. The number of unbranched alkanes of at least 4 members (excludes halogenated alkanes) is 2. The Morgan fingerprint density at radius 3 is 3.09 bits per heavy atom. The number of nitrogen functional groups attached to an aromatic ring is 1. The van der Waals surface area contributed by atoms with Crippen LogP contribution in [0.3, 0.4) is 0 Å². The van der Waals surface area contributed by atoms with Crippen LogP contribution < -0.4 is 15.9 Å². The van der Waals surface area contributed by atoms with Crippen LogP contribution in [0, 0.1) is 11.3 Å². The lowest BCUT2D eigenvalue weighted by Gasteiger charge is -2.09. The topological polar surface area (TPSA) is 96.3 Å². The maximum atomic E-state index is 8.52. The Bertz CT molecular complexity index is 710.